The molecular formula is C10H13FN2O4. The van der Waals surface area contributed by atoms with Gasteiger partial charge in [0, 0.05) is 6.42 Å². The zero-order chi connectivity index (χ0) is 12.4. The molecule has 1 fully saturated rings. The van der Waals surface area contributed by atoms with Crippen LogP contribution < -0.4 is 11.2 Å². The number of hydrogen-bond acceptors (Lipinski definition) is 4. The second-order valence-corrected chi connectivity index (χ2v) is 3.89. The maximum Gasteiger partial charge on any atom is 0.330 e. The Bertz CT molecular complexity index is 510. The van der Waals surface area contributed by atoms with Crippen molar-refractivity contribution in [3.8, 4) is 0 Å². The maximum atomic E-state index is 13.1. The smallest absolute Gasteiger partial charge is 0.330 e. The fraction of sp³-hybridized carbons (Fsp3) is 0.600. The van der Waals surface area contributed by atoms with E-state index in [2.05, 4.69) is 0 Å². The molecule has 2 rings (SSSR count). The number of hydrogen-bond donors (Lipinski definition) is 1. The lowest BCUT2D eigenvalue weighted by Gasteiger charge is -2.18. The molecule has 0 bridgehead atoms. The van der Waals surface area contributed by atoms with Crippen molar-refractivity contribution in [3.63, 3.8) is 0 Å². The SMILES string of the molecule is C[C@@H]1C[C@H](n2cc(F)c(=O)[nH]c2=O)OCCO1. The van der Waals surface area contributed by atoms with Crippen molar-refractivity contribution in [2.24, 2.45) is 0 Å². The van der Waals surface area contributed by atoms with Gasteiger partial charge in [-0.25, -0.2) is 4.79 Å². The van der Waals surface area contributed by atoms with Gasteiger partial charge in [0.15, 0.2) is 0 Å². The summed E-state index contributed by atoms with van der Waals surface area (Å²) < 4.78 is 24.9. The lowest BCUT2D eigenvalue weighted by molar-refractivity contribution is 0.00422. The molecule has 0 aromatic carbocycles. The summed E-state index contributed by atoms with van der Waals surface area (Å²) in [7, 11) is 0. The van der Waals surface area contributed by atoms with Gasteiger partial charge in [-0.2, -0.15) is 4.39 Å². The standard InChI is InChI=1S/C10H13FN2O4/c1-6-4-8(17-3-2-16-6)13-5-7(11)9(14)12-10(13)15/h5-6,8H,2-4H2,1H3,(H,12,14,15)/t6-,8-/m1/s1. The van der Waals surface area contributed by atoms with Crippen molar-refractivity contribution < 1.29 is 13.9 Å². The van der Waals surface area contributed by atoms with Crippen LogP contribution in [0, 0.1) is 5.82 Å². The van der Waals surface area contributed by atoms with Crippen LogP contribution in [0.5, 0.6) is 0 Å². The third-order valence-corrected chi connectivity index (χ3v) is 2.56. The third-order valence-electron chi connectivity index (χ3n) is 2.56. The van der Waals surface area contributed by atoms with Gasteiger partial charge in [0.25, 0.3) is 5.56 Å². The summed E-state index contributed by atoms with van der Waals surface area (Å²) in [5.74, 6) is -1.01. The zero-order valence-corrected chi connectivity index (χ0v) is 9.31. The van der Waals surface area contributed by atoms with E-state index in [0.29, 0.717) is 19.6 Å². The molecule has 1 saturated heterocycles. The summed E-state index contributed by atoms with van der Waals surface area (Å²) in [6, 6.07) is 0. The summed E-state index contributed by atoms with van der Waals surface area (Å²) in [4.78, 5) is 24.3. The number of nitrogens with one attached hydrogen (secondary N) is 1. The quantitative estimate of drug-likeness (QED) is 0.754. The first-order chi connectivity index (χ1) is 8.08. The van der Waals surface area contributed by atoms with Gasteiger partial charge in [-0.3, -0.25) is 14.3 Å². The highest BCUT2D eigenvalue weighted by Gasteiger charge is 2.21. The van der Waals surface area contributed by atoms with E-state index in [1.165, 1.54) is 0 Å². The molecule has 1 aliphatic rings. The molecule has 0 spiro atoms. The Hall–Kier alpha value is -1.47. The predicted molar refractivity (Wildman–Crippen MR) is 56.3 cm³/mol. The second-order valence-electron chi connectivity index (χ2n) is 3.89. The first kappa shape index (κ1) is 12.0. The molecule has 0 radical (unpaired) electrons. The highest BCUT2D eigenvalue weighted by molar-refractivity contribution is 4.88. The van der Waals surface area contributed by atoms with Crippen molar-refractivity contribution in [1.82, 2.24) is 9.55 Å². The van der Waals surface area contributed by atoms with Crippen LogP contribution in [0.1, 0.15) is 19.6 Å². The Labute approximate surface area is 96.0 Å². The number of aromatic amines is 1. The number of aromatic nitrogens is 2. The van der Waals surface area contributed by atoms with Crippen molar-refractivity contribution >= 4 is 0 Å². The highest BCUT2D eigenvalue weighted by atomic mass is 19.1. The average molecular weight is 244 g/mol. The average Bonchev–Trinajstić information content (AvgIpc) is 2.48. The monoisotopic (exact) mass is 244 g/mol. The number of rotatable bonds is 1. The summed E-state index contributed by atoms with van der Waals surface area (Å²) in [5, 5.41) is 0. The molecule has 2 heterocycles. The van der Waals surface area contributed by atoms with E-state index in [1.807, 2.05) is 11.9 Å². The van der Waals surface area contributed by atoms with Gasteiger partial charge in [0.1, 0.15) is 6.23 Å². The van der Waals surface area contributed by atoms with Crippen LogP contribution in [0.25, 0.3) is 0 Å². The van der Waals surface area contributed by atoms with Crippen LogP contribution in [-0.2, 0) is 9.47 Å². The molecule has 1 aromatic heterocycles. The van der Waals surface area contributed by atoms with E-state index in [1.54, 1.807) is 0 Å². The van der Waals surface area contributed by atoms with Gasteiger partial charge in [-0.15, -0.1) is 0 Å². The number of nitrogens with zero attached hydrogens (tertiary/aromatic N) is 1. The minimum atomic E-state index is -1.02. The van der Waals surface area contributed by atoms with Crippen molar-refractivity contribution in [1.29, 1.82) is 0 Å². The maximum absolute atomic E-state index is 13.1. The molecular weight excluding hydrogens is 231 g/mol. The molecule has 0 aliphatic carbocycles. The summed E-state index contributed by atoms with van der Waals surface area (Å²) >= 11 is 0. The Morgan fingerprint density at radius 3 is 2.88 bits per heavy atom. The fourth-order valence-electron chi connectivity index (χ4n) is 1.72. The Kier molecular flexibility index (Phi) is 3.39. The second kappa shape index (κ2) is 4.80. The largest absolute Gasteiger partial charge is 0.376 e. The number of ether oxygens (including phenoxy) is 2. The van der Waals surface area contributed by atoms with Crippen LogP contribution in [0.4, 0.5) is 4.39 Å². The van der Waals surface area contributed by atoms with E-state index in [-0.39, 0.29) is 6.10 Å². The lowest BCUT2D eigenvalue weighted by atomic mass is 10.2. The number of H-pyrrole nitrogens is 1. The normalized spacial score (nSPS) is 25.5. The van der Waals surface area contributed by atoms with Gasteiger partial charge in [-0.1, -0.05) is 0 Å². The molecule has 0 unspecified atom stereocenters. The van der Waals surface area contributed by atoms with Crippen LogP contribution >= 0.6 is 0 Å². The van der Waals surface area contributed by atoms with E-state index in [9.17, 15) is 14.0 Å². The molecule has 17 heavy (non-hydrogen) atoms. The summed E-state index contributed by atoms with van der Waals surface area (Å²) in [6.45, 7) is 2.59. The van der Waals surface area contributed by atoms with Crippen LogP contribution in [0.3, 0.4) is 0 Å². The van der Waals surface area contributed by atoms with Gasteiger partial charge in [0.05, 0.1) is 25.5 Å². The molecule has 2 atom stereocenters. The van der Waals surface area contributed by atoms with E-state index in [0.717, 1.165) is 10.8 Å². The molecule has 6 nitrogen and oxygen atoms in total. The molecule has 94 valence electrons. The topological polar surface area (TPSA) is 73.3 Å². The van der Waals surface area contributed by atoms with E-state index >= 15 is 0 Å². The van der Waals surface area contributed by atoms with Crippen LogP contribution in [0.15, 0.2) is 15.8 Å². The Balaban J connectivity index is 2.35. The zero-order valence-electron chi connectivity index (χ0n) is 9.31. The Morgan fingerprint density at radius 1 is 1.41 bits per heavy atom. The highest BCUT2D eigenvalue weighted by Crippen LogP contribution is 2.18. The fourth-order valence-corrected chi connectivity index (χ4v) is 1.72. The molecule has 1 N–H and O–H groups in total. The van der Waals surface area contributed by atoms with E-state index in [4.69, 9.17) is 9.47 Å². The third kappa shape index (κ3) is 2.62. The van der Waals surface area contributed by atoms with Gasteiger partial charge in [0.2, 0.25) is 5.82 Å². The van der Waals surface area contributed by atoms with Crippen molar-refractivity contribution in [2.75, 3.05) is 13.2 Å². The minimum Gasteiger partial charge on any atom is -0.376 e. The van der Waals surface area contributed by atoms with Gasteiger partial charge in [-0.05, 0) is 6.92 Å². The molecule has 1 aliphatic heterocycles. The van der Waals surface area contributed by atoms with Crippen molar-refractivity contribution in [3.05, 3.63) is 32.9 Å². The molecule has 7 heteroatoms. The van der Waals surface area contributed by atoms with E-state index < -0.39 is 23.3 Å². The first-order valence-electron chi connectivity index (χ1n) is 5.32. The summed E-state index contributed by atoms with van der Waals surface area (Å²) in [6.07, 6.45) is 0.575. The summed E-state index contributed by atoms with van der Waals surface area (Å²) in [5.41, 5.74) is -1.71. The van der Waals surface area contributed by atoms with Crippen LogP contribution in [0.2, 0.25) is 0 Å². The first-order valence-corrected chi connectivity index (χ1v) is 5.32. The molecule has 0 saturated carbocycles. The van der Waals surface area contributed by atoms with Gasteiger partial charge >= 0.3 is 5.69 Å². The van der Waals surface area contributed by atoms with Crippen molar-refractivity contribution in [2.45, 2.75) is 25.7 Å². The van der Waals surface area contributed by atoms with Gasteiger partial charge < -0.3 is 9.47 Å². The Morgan fingerprint density at radius 2 is 2.12 bits per heavy atom. The number of halogens is 1. The molecule has 0 amide bonds. The molecule has 1 aromatic rings. The van der Waals surface area contributed by atoms with Crippen LogP contribution in [-0.4, -0.2) is 28.9 Å². The minimum absolute atomic E-state index is 0.0932. The lowest BCUT2D eigenvalue weighted by Crippen LogP contribution is -2.35. The predicted octanol–water partition coefficient (Wildman–Crippen LogP) is -0.000300.